The SMILES string of the molecule is CC(C)(CO)[C@@H](N)c1ccc(Br)o1. The third kappa shape index (κ3) is 2.33. The van der Waals surface area contributed by atoms with Crippen LogP contribution in [0.2, 0.25) is 0 Å². The Morgan fingerprint density at radius 1 is 1.62 bits per heavy atom. The number of halogens is 1. The molecule has 1 atom stereocenters. The molecule has 3 nitrogen and oxygen atoms in total. The molecule has 13 heavy (non-hydrogen) atoms. The summed E-state index contributed by atoms with van der Waals surface area (Å²) in [5, 5.41) is 9.10. The quantitative estimate of drug-likeness (QED) is 0.860. The van der Waals surface area contributed by atoms with Crippen LogP contribution < -0.4 is 5.73 Å². The van der Waals surface area contributed by atoms with Gasteiger partial charge >= 0.3 is 0 Å². The van der Waals surface area contributed by atoms with E-state index in [0.29, 0.717) is 10.4 Å². The number of hydrogen-bond acceptors (Lipinski definition) is 3. The van der Waals surface area contributed by atoms with E-state index in [1.807, 2.05) is 19.9 Å². The normalized spacial score (nSPS) is 14.5. The highest BCUT2D eigenvalue weighted by Crippen LogP contribution is 2.32. The van der Waals surface area contributed by atoms with Gasteiger partial charge in [0.15, 0.2) is 4.67 Å². The fraction of sp³-hybridized carbons (Fsp3) is 0.556. The van der Waals surface area contributed by atoms with Gasteiger partial charge in [-0.1, -0.05) is 13.8 Å². The van der Waals surface area contributed by atoms with Crippen LogP contribution in [0.5, 0.6) is 0 Å². The predicted octanol–water partition coefficient (Wildman–Crippen LogP) is 2.06. The van der Waals surface area contributed by atoms with Crippen molar-refractivity contribution in [3.8, 4) is 0 Å². The maximum atomic E-state index is 9.10. The van der Waals surface area contributed by atoms with Crippen LogP contribution in [0.1, 0.15) is 25.6 Å². The van der Waals surface area contributed by atoms with Crippen molar-refractivity contribution in [3.05, 3.63) is 22.6 Å². The Balaban J connectivity index is 2.84. The second-order valence-corrected chi connectivity index (χ2v) is 4.55. The zero-order valence-corrected chi connectivity index (χ0v) is 9.34. The highest BCUT2D eigenvalue weighted by molar-refractivity contribution is 9.10. The summed E-state index contributed by atoms with van der Waals surface area (Å²) in [7, 11) is 0. The summed E-state index contributed by atoms with van der Waals surface area (Å²) in [5.74, 6) is 0.686. The van der Waals surface area contributed by atoms with Gasteiger partial charge in [0, 0.05) is 5.41 Å². The first-order chi connectivity index (χ1) is 5.97. The first-order valence-corrected chi connectivity index (χ1v) is 4.88. The lowest BCUT2D eigenvalue weighted by molar-refractivity contribution is 0.122. The van der Waals surface area contributed by atoms with E-state index in [2.05, 4.69) is 15.9 Å². The maximum Gasteiger partial charge on any atom is 0.169 e. The average molecular weight is 248 g/mol. The number of rotatable bonds is 3. The van der Waals surface area contributed by atoms with Crippen molar-refractivity contribution in [2.24, 2.45) is 11.1 Å². The molecule has 0 unspecified atom stereocenters. The largest absolute Gasteiger partial charge is 0.453 e. The average Bonchev–Trinajstić information content (AvgIpc) is 2.50. The van der Waals surface area contributed by atoms with Crippen LogP contribution in [0.25, 0.3) is 0 Å². The first kappa shape index (κ1) is 10.8. The zero-order valence-electron chi connectivity index (χ0n) is 7.75. The Hall–Kier alpha value is -0.320. The Kier molecular flexibility index (Phi) is 3.16. The summed E-state index contributed by atoms with van der Waals surface area (Å²) in [4.78, 5) is 0. The molecule has 1 aromatic heterocycles. The molecule has 0 spiro atoms. The Labute approximate surface area is 86.1 Å². The maximum absolute atomic E-state index is 9.10. The number of nitrogens with two attached hydrogens (primary N) is 1. The van der Waals surface area contributed by atoms with E-state index in [-0.39, 0.29) is 18.1 Å². The monoisotopic (exact) mass is 247 g/mol. The molecule has 0 aliphatic rings. The van der Waals surface area contributed by atoms with Gasteiger partial charge < -0.3 is 15.3 Å². The molecule has 3 N–H and O–H groups in total. The Morgan fingerprint density at radius 2 is 2.23 bits per heavy atom. The summed E-state index contributed by atoms with van der Waals surface area (Å²) in [5.41, 5.74) is 5.56. The number of aliphatic hydroxyl groups excluding tert-OH is 1. The molecule has 0 aliphatic heterocycles. The Bertz CT molecular complexity index is 283. The van der Waals surface area contributed by atoms with Crippen LogP contribution in [0.15, 0.2) is 21.2 Å². The summed E-state index contributed by atoms with van der Waals surface area (Å²) in [6, 6.07) is 3.32. The van der Waals surface area contributed by atoms with E-state index in [1.165, 1.54) is 0 Å². The van der Waals surface area contributed by atoms with Crippen LogP contribution in [-0.4, -0.2) is 11.7 Å². The molecule has 1 rings (SSSR count). The van der Waals surface area contributed by atoms with Gasteiger partial charge in [-0.25, -0.2) is 0 Å². The van der Waals surface area contributed by atoms with Gasteiger partial charge in [-0.05, 0) is 28.1 Å². The predicted molar refractivity (Wildman–Crippen MR) is 54.2 cm³/mol. The standard InChI is InChI=1S/C9H14BrNO2/c1-9(2,5-12)8(11)6-3-4-7(10)13-6/h3-4,8,12H,5,11H2,1-2H3/t8-/m0/s1. The van der Waals surface area contributed by atoms with Crippen molar-refractivity contribution >= 4 is 15.9 Å². The van der Waals surface area contributed by atoms with Gasteiger partial charge in [-0.15, -0.1) is 0 Å². The van der Waals surface area contributed by atoms with Crippen molar-refractivity contribution in [1.29, 1.82) is 0 Å². The number of aliphatic hydroxyl groups is 1. The lowest BCUT2D eigenvalue weighted by Gasteiger charge is -2.27. The molecule has 0 aliphatic carbocycles. The second kappa shape index (κ2) is 3.82. The highest BCUT2D eigenvalue weighted by atomic mass is 79.9. The van der Waals surface area contributed by atoms with Crippen LogP contribution >= 0.6 is 15.9 Å². The van der Waals surface area contributed by atoms with Crippen molar-refractivity contribution in [3.63, 3.8) is 0 Å². The minimum atomic E-state index is -0.364. The minimum Gasteiger partial charge on any atom is -0.453 e. The second-order valence-electron chi connectivity index (χ2n) is 3.77. The molecule has 0 radical (unpaired) electrons. The van der Waals surface area contributed by atoms with Gasteiger partial charge in [0.1, 0.15) is 5.76 Å². The van der Waals surface area contributed by atoms with Crippen molar-refractivity contribution < 1.29 is 9.52 Å². The van der Waals surface area contributed by atoms with Crippen LogP contribution in [0, 0.1) is 5.41 Å². The zero-order chi connectivity index (χ0) is 10.1. The molecular formula is C9H14BrNO2. The third-order valence-corrected chi connectivity index (χ3v) is 2.58. The molecule has 0 fully saturated rings. The first-order valence-electron chi connectivity index (χ1n) is 4.09. The molecule has 0 saturated carbocycles. The van der Waals surface area contributed by atoms with E-state index in [4.69, 9.17) is 15.3 Å². The molecule has 74 valence electrons. The molecular weight excluding hydrogens is 234 g/mol. The summed E-state index contributed by atoms with van der Waals surface area (Å²) < 4.78 is 5.97. The van der Waals surface area contributed by atoms with E-state index in [9.17, 15) is 0 Å². The van der Waals surface area contributed by atoms with Crippen LogP contribution in [-0.2, 0) is 0 Å². The topological polar surface area (TPSA) is 59.4 Å². The Morgan fingerprint density at radius 3 is 2.62 bits per heavy atom. The van der Waals surface area contributed by atoms with Crippen LogP contribution in [0.3, 0.4) is 0 Å². The lowest BCUT2D eigenvalue weighted by Crippen LogP contribution is -2.32. The van der Waals surface area contributed by atoms with E-state index < -0.39 is 0 Å². The van der Waals surface area contributed by atoms with Gasteiger partial charge in [0.05, 0.1) is 12.6 Å². The number of hydrogen-bond donors (Lipinski definition) is 2. The lowest BCUT2D eigenvalue weighted by atomic mass is 9.84. The van der Waals surface area contributed by atoms with Gasteiger partial charge in [0.2, 0.25) is 0 Å². The van der Waals surface area contributed by atoms with Gasteiger partial charge in [0.25, 0.3) is 0 Å². The molecule has 1 heterocycles. The van der Waals surface area contributed by atoms with Crippen LogP contribution in [0.4, 0.5) is 0 Å². The van der Waals surface area contributed by atoms with Crippen molar-refractivity contribution in [2.75, 3.05) is 6.61 Å². The highest BCUT2D eigenvalue weighted by Gasteiger charge is 2.29. The molecule has 0 amide bonds. The summed E-state index contributed by atoms with van der Waals surface area (Å²) in [6.07, 6.45) is 0. The van der Waals surface area contributed by atoms with E-state index in [0.717, 1.165) is 0 Å². The summed E-state index contributed by atoms with van der Waals surface area (Å²) >= 11 is 3.20. The van der Waals surface area contributed by atoms with Crippen molar-refractivity contribution in [2.45, 2.75) is 19.9 Å². The molecule has 1 aromatic rings. The number of furan rings is 1. The van der Waals surface area contributed by atoms with E-state index in [1.54, 1.807) is 6.07 Å². The summed E-state index contributed by atoms with van der Waals surface area (Å²) in [6.45, 7) is 3.83. The molecule has 0 bridgehead atoms. The van der Waals surface area contributed by atoms with Crippen molar-refractivity contribution in [1.82, 2.24) is 0 Å². The molecule has 0 aromatic carbocycles. The van der Waals surface area contributed by atoms with E-state index >= 15 is 0 Å². The smallest absolute Gasteiger partial charge is 0.169 e. The fourth-order valence-electron chi connectivity index (χ4n) is 0.979. The molecule has 0 saturated heterocycles. The third-order valence-electron chi connectivity index (χ3n) is 2.15. The van der Waals surface area contributed by atoms with Gasteiger partial charge in [-0.3, -0.25) is 0 Å². The fourth-order valence-corrected chi connectivity index (χ4v) is 1.30. The molecule has 4 heteroatoms. The minimum absolute atomic E-state index is 0.0342. The van der Waals surface area contributed by atoms with Gasteiger partial charge in [-0.2, -0.15) is 0 Å².